The molecule has 0 bridgehead atoms. The number of hydrogen-bond acceptors (Lipinski definition) is 7. The lowest BCUT2D eigenvalue weighted by molar-refractivity contribution is -0.120. The Morgan fingerprint density at radius 2 is 1.65 bits per heavy atom. The van der Waals surface area contributed by atoms with Crippen molar-refractivity contribution in [3.05, 3.63) is 94.7 Å². The summed E-state index contributed by atoms with van der Waals surface area (Å²) in [6, 6.07) is 19.3. The lowest BCUT2D eigenvalue weighted by Gasteiger charge is -2.16. The highest BCUT2D eigenvalue weighted by Gasteiger charge is 2.39. The number of nitrogens with one attached hydrogen (secondary N) is 2. The van der Waals surface area contributed by atoms with Crippen LogP contribution in [0.3, 0.4) is 0 Å². The Hall–Kier alpha value is -4.63. The molecule has 3 amide bonds. The van der Waals surface area contributed by atoms with Gasteiger partial charge in [0, 0.05) is 11.3 Å². The number of benzene rings is 3. The summed E-state index contributed by atoms with van der Waals surface area (Å²) < 4.78 is 10.2. The molecule has 10 heteroatoms. The molecule has 37 heavy (non-hydrogen) atoms. The van der Waals surface area contributed by atoms with Gasteiger partial charge in [-0.3, -0.25) is 14.4 Å². The minimum Gasteiger partial charge on any atom is -0.495 e. The van der Waals surface area contributed by atoms with E-state index in [1.165, 1.54) is 37.4 Å². The highest BCUT2D eigenvalue weighted by molar-refractivity contribution is 6.53. The van der Waals surface area contributed by atoms with Gasteiger partial charge in [0.1, 0.15) is 16.5 Å². The molecule has 0 atom stereocenters. The molecule has 0 radical (unpaired) electrons. The summed E-state index contributed by atoms with van der Waals surface area (Å²) in [4.78, 5) is 51.8. The van der Waals surface area contributed by atoms with Crippen LogP contribution in [0.2, 0.25) is 0 Å². The molecule has 0 unspecified atom stereocenters. The molecular weight excluding hydrogens is 498 g/mol. The third-order valence-electron chi connectivity index (χ3n) is 5.39. The number of amides is 3. The van der Waals surface area contributed by atoms with Gasteiger partial charge in [0.05, 0.1) is 30.7 Å². The van der Waals surface area contributed by atoms with Gasteiger partial charge in [0.25, 0.3) is 17.7 Å². The van der Waals surface area contributed by atoms with Crippen molar-refractivity contribution >= 4 is 52.4 Å². The first kappa shape index (κ1) is 25.5. The summed E-state index contributed by atoms with van der Waals surface area (Å²) in [5.74, 6) is -1.94. The summed E-state index contributed by atoms with van der Waals surface area (Å²) in [7, 11) is 1.50. The van der Waals surface area contributed by atoms with E-state index < -0.39 is 23.7 Å². The van der Waals surface area contributed by atoms with Crippen molar-refractivity contribution in [2.75, 3.05) is 29.3 Å². The van der Waals surface area contributed by atoms with Gasteiger partial charge in [-0.1, -0.05) is 35.9 Å². The number of ether oxygens (including phenoxy) is 2. The molecule has 9 nitrogen and oxygen atoms in total. The fraction of sp³-hybridized carbons (Fsp3) is 0.111. The van der Waals surface area contributed by atoms with Gasteiger partial charge < -0.3 is 20.1 Å². The zero-order chi connectivity index (χ0) is 26.5. The highest BCUT2D eigenvalue weighted by Crippen LogP contribution is 2.31. The molecule has 3 aromatic carbocycles. The Morgan fingerprint density at radius 3 is 2.41 bits per heavy atom. The number of esters is 1. The summed E-state index contributed by atoms with van der Waals surface area (Å²) in [5.41, 5.74) is 1.35. The van der Waals surface area contributed by atoms with E-state index in [1.54, 1.807) is 49.4 Å². The number of hydrogen-bond donors (Lipinski definition) is 2. The number of para-hydroxylation sites is 2. The molecule has 0 spiro atoms. The minimum atomic E-state index is -0.750. The first-order valence-corrected chi connectivity index (χ1v) is 11.6. The summed E-state index contributed by atoms with van der Waals surface area (Å²) >= 11 is 6.23. The van der Waals surface area contributed by atoms with E-state index in [0.29, 0.717) is 22.7 Å². The maximum Gasteiger partial charge on any atom is 0.338 e. The Kier molecular flexibility index (Phi) is 7.55. The fourth-order valence-electron chi connectivity index (χ4n) is 3.66. The number of imide groups is 1. The molecule has 0 fully saturated rings. The third-order valence-corrected chi connectivity index (χ3v) is 5.74. The van der Waals surface area contributed by atoms with E-state index in [0.717, 1.165) is 4.90 Å². The zero-order valence-corrected chi connectivity index (χ0v) is 20.7. The van der Waals surface area contributed by atoms with Crippen LogP contribution < -0.4 is 20.3 Å². The van der Waals surface area contributed by atoms with Crippen LogP contribution in [0.1, 0.15) is 27.6 Å². The number of rotatable bonds is 8. The van der Waals surface area contributed by atoms with E-state index in [1.807, 2.05) is 0 Å². The molecule has 0 aliphatic carbocycles. The van der Waals surface area contributed by atoms with E-state index in [9.17, 15) is 19.2 Å². The van der Waals surface area contributed by atoms with Crippen LogP contribution in [0.25, 0.3) is 0 Å². The fourth-order valence-corrected chi connectivity index (χ4v) is 3.87. The van der Waals surface area contributed by atoms with Gasteiger partial charge >= 0.3 is 5.97 Å². The molecular formula is C27H22ClN3O6. The highest BCUT2D eigenvalue weighted by atomic mass is 35.5. The normalized spacial score (nSPS) is 13.0. The predicted molar refractivity (Wildman–Crippen MR) is 139 cm³/mol. The molecule has 1 aliphatic heterocycles. The number of methoxy groups -OCH3 is 1. The first-order chi connectivity index (χ1) is 17.8. The van der Waals surface area contributed by atoms with Crippen molar-refractivity contribution in [2.45, 2.75) is 6.92 Å². The van der Waals surface area contributed by atoms with E-state index in [4.69, 9.17) is 21.1 Å². The van der Waals surface area contributed by atoms with Crippen LogP contribution in [0, 0.1) is 0 Å². The second-order valence-corrected chi connectivity index (χ2v) is 8.14. The summed E-state index contributed by atoms with van der Waals surface area (Å²) in [6.45, 7) is 1.86. The zero-order valence-electron chi connectivity index (χ0n) is 19.9. The number of carbonyl (C=O) groups is 4. The number of halogens is 1. The van der Waals surface area contributed by atoms with Crippen LogP contribution in [0.15, 0.2) is 83.5 Å². The monoisotopic (exact) mass is 519 g/mol. The SMILES string of the molecule is CCOC(=O)c1cccc(N2C(=O)C(Cl)=C(Nc3cccc(C(=O)Nc4ccccc4OC)c3)C2=O)c1. The standard InChI is InChI=1S/C27H22ClN3O6/c1-3-37-27(35)17-9-7-11-19(15-17)31-25(33)22(28)23(26(31)34)29-18-10-6-8-16(14-18)24(32)30-20-12-4-5-13-21(20)36-2/h4-15,29H,3H2,1-2H3,(H,30,32). The van der Waals surface area contributed by atoms with Crippen molar-refractivity contribution in [1.29, 1.82) is 0 Å². The molecule has 3 aromatic rings. The third kappa shape index (κ3) is 5.31. The Labute approximate surface area is 217 Å². The quantitative estimate of drug-likeness (QED) is 0.331. The molecule has 0 saturated carbocycles. The topological polar surface area (TPSA) is 114 Å². The number of nitrogens with zero attached hydrogens (tertiary/aromatic N) is 1. The van der Waals surface area contributed by atoms with E-state index in [-0.39, 0.29) is 28.6 Å². The number of carbonyl (C=O) groups excluding carboxylic acids is 4. The van der Waals surface area contributed by atoms with E-state index >= 15 is 0 Å². The van der Waals surface area contributed by atoms with Crippen molar-refractivity contribution in [3.8, 4) is 5.75 Å². The van der Waals surface area contributed by atoms with Gasteiger partial charge in [-0.2, -0.15) is 0 Å². The average molecular weight is 520 g/mol. The molecule has 2 N–H and O–H groups in total. The molecule has 188 valence electrons. The molecule has 4 rings (SSSR count). The van der Waals surface area contributed by atoms with Crippen molar-refractivity contribution in [1.82, 2.24) is 0 Å². The van der Waals surface area contributed by atoms with Gasteiger partial charge in [0.2, 0.25) is 0 Å². The molecule has 0 aromatic heterocycles. The van der Waals surface area contributed by atoms with Crippen molar-refractivity contribution in [2.24, 2.45) is 0 Å². The van der Waals surface area contributed by atoms with Crippen molar-refractivity contribution < 1.29 is 28.7 Å². The van der Waals surface area contributed by atoms with Crippen LogP contribution in [-0.2, 0) is 14.3 Å². The lowest BCUT2D eigenvalue weighted by Crippen LogP contribution is -2.32. The largest absolute Gasteiger partial charge is 0.495 e. The molecule has 0 saturated heterocycles. The van der Waals surface area contributed by atoms with Gasteiger partial charge in [0.15, 0.2) is 0 Å². The van der Waals surface area contributed by atoms with Crippen molar-refractivity contribution in [3.63, 3.8) is 0 Å². The maximum absolute atomic E-state index is 13.2. The molecule has 1 heterocycles. The Balaban J connectivity index is 1.54. The van der Waals surface area contributed by atoms with Crippen LogP contribution in [0.5, 0.6) is 5.75 Å². The minimum absolute atomic E-state index is 0.157. The smallest absolute Gasteiger partial charge is 0.338 e. The number of anilines is 3. The van der Waals surface area contributed by atoms with Crippen LogP contribution >= 0.6 is 11.6 Å². The average Bonchev–Trinajstić information content (AvgIpc) is 3.12. The van der Waals surface area contributed by atoms with Crippen LogP contribution in [0.4, 0.5) is 17.1 Å². The van der Waals surface area contributed by atoms with Crippen LogP contribution in [-0.4, -0.2) is 37.4 Å². The lowest BCUT2D eigenvalue weighted by atomic mass is 10.1. The van der Waals surface area contributed by atoms with Gasteiger partial charge in [-0.15, -0.1) is 0 Å². The Morgan fingerprint density at radius 1 is 0.919 bits per heavy atom. The second kappa shape index (κ2) is 11.0. The summed E-state index contributed by atoms with van der Waals surface area (Å²) in [6.07, 6.45) is 0. The second-order valence-electron chi connectivity index (χ2n) is 7.77. The van der Waals surface area contributed by atoms with Gasteiger partial charge in [-0.25, -0.2) is 9.69 Å². The summed E-state index contributed by atoms with van der Waals surface area (Å²) in [5, 5.41) is 5.30. The van der Waals surface area contributed by atoms with Gasteiger partial charge in [-0.05, 0) is 55.5 Å². The van der Waals surface area contributed by atoms with E-state index in [2.05, 4.69) is 10.6 Å². The predicted octanol–water partition coefficient (Wildman–Crippen LogP) is 4.56. The molecule has 1 aliphatic rings. The Bertz CT molecular complexity index is 1430. The first-order valence-electron chi connectivity index (χ1n) is 11.2. The maximum atomic E-state index is 13.2.